The quantitative estimate of drug-likeness (QED) is 0.396. The first-order valence-electron chi connectivity index (χ1n) is 12.8. The van der Waals surface area contributed by atoms with Crippen molar-refractivity contribution in [3.05, 3.63) is 82.9 Å². The van der Waals surface area contributed by atoms with Gasteiger partial charge < -0.3 is 19.7 Å². The zero-order valence-corrected chi connectivity index (χ0v) is 21.6. The van der Waals surface area contributed by atoms with Crippen molar-refractivity contribution >= 4 is 11.1 Å². The van der Waals surface area contributed by atoms with Crippen LogP contribution < -0.4 is 9.47 Å². The van der Waals surface area contributed by atoms with Crippen molar-refractivity contribution in [2.45, 2.75) is 39.3 Å². The number of ether oxygens (including phenoxy) is 2. The van der Waals surface area contributed by atoms with Crippen LogP contribution in [0, 0.1) is 18.3 Å². The van der Waals surface area contributed by atoms with Crippen LogP contribution in [0.2, 0.25) is 0 Å². The standard InChI is InChI=1S/C32H33NO4/c1-5-23-16-25(8-12-29(23)35)31-22(4)28-17-26(34)9-13-30(28)37-32(31)24-6-10-27(11-7-24)36-19-21(3)33-15-14-20(2)18-33/h1,6-13,16-17,20-21,32,34-35H,14-15,18-19H2,2-4H3. The molecule has 3 unspecified atom stereocenters. The number of terminal acetylenes is 1. The number of hydrogen-bond acceptors (Lipinski definition) is 5. The van der Waals surface area contributed by atoms with Gasteiger partial charge in [0.15, 0.2) is 0 Å². The number of phenols is 2. The predicted molar refractivity (Wildman–Crippen MR) is 147 cm³/mol. The molecule has 0 radical (unpaired) electrons. The third-order valence-corrected chi connectivity index (χ3v) is 7.49. The average Bonchev–Trinajstić information content (AvgIpc) is 3.35. The summed E-state index contributed by atoms with van der Waals surface area (Å²) in [6, 6.07) is 18.8. The zero-order chi connectivity index (χ0) is 26.1. The van der Waals surface area contributed by atoms with Crippen LogP contribution in [0.4, 0.5) is 0 Å². The molecule has 2 heterocycles. The smallest absolute Gasteiger partial charge is 0.150 e. The fourth-order valence-corrected chi connectivity index (χ4v) is 5.29. The fourth-order valence-electron chi connectivity index (χ4n) is 5.29. The Kier molecular flexibility index (Phi) is 6.86. The highest BCUT2D eigenvalue weighted by Gasteiger charge is 2.30. The highest BCUT2D eigenvalue weighted by molar-refractivity contribution is 5.96. The van der Waals surface area contributed by atoms with Gasteiger partial charge in [0.25, 0.3) is 0 Å². The maximum atomic E-state index is 10.1. The molecule has 0 bridgehead atoms. The number of hydrogen-bond donors (Lipinski definition) is 2. The van der Waals surface area contributed by atoms with E-state index < -0.39 is 6.10 Å². The van der Waals surface area contributed by atoms with Gasteiger partial charge in [-0.2, -0.15) is 0 Å². The normalized spacial score (nSPS) is 20.2. The van der Waals surface area contributed by atoms with E-state index in [9.17, 15) is 10.2 Å². The third-order valence-electron chi connectivity index (χ3n) is 7.49. The SMILES string of the molecule is C#Cc1cc(C2=C(C)c3cc(O)ccc3OC2c2ccc(OCC(C)N3CCC(C)C3)cc2)ccc1O. The summed E-state index contributed by atoms with van der Waals surface area (Å²) in [5.74, 6) is 5.07. The van der Waals surface area contributed by atoms with E-state index in [4.69, 9.17) is 15.9 Å². The summed E-state index contributed by atoms with van der Waals surface area (Å²) in [5.41, 5.74) is 4.98. The molecule has 5 nitrogen and oxygen atoms in total. The lowest BCUT2D eigenvalue weighted by Crippen LogP contribution is -2.35. The van der Waals surface area contributed by atoms with E-state index in [0.29, 0.717) is 24.0 Å². The molecule has 0 amide bonds. The molecule has 0 spiro atoms. The molecule has 5 heteroatoms. The molecule has 37 heavy (non-hydrogen) atoms. The lowest BCUT2D eigenvalue weighted by atomic mass is 9.85. The van der Waals surface area contributed by atoms with Gasteiger partial charge in [-0.05, 0) is 91.9 Å². The lowest BCUT2D eigenvalue weighted by molar-refractivity contribution is 0.169. The number of phenolic OH excluding ortho intramolecular Hbond substituents is 2. The summed E-state index contributed by atoms with van der Waals surface area (Å²) in [4.78, 5) is 2.49. The summed E-state index contributed by atoms with van der Waals surface area (Å²) in [7, 11) is 0. The van der Waals surface area contributed by atoms with Crippen LogP contribution in [-0.4, -0.2) is 40.9 Å². The predicted octanol–water partition coefficient (Wildman–Crippen LogP) is 6.25. The summed E-state index contributed by atoms with van der Waals surface area (Å²) in [6.45, 7) is 9.46. The molecule has 190 valence electrons. The maximum Gasteiger partial charge on any atom is 0.150 e. The number of rotatable bonds is 6. The van der Waals surface area contributed by atoms with E-state index in [0.717, 1.165) is 52.6 Å². The second-order valence-electron chi connectivity index (χ2n) is 10.2. The number of likely N-dealkylation sites (tertiary alicyclic amines) is 1. The van der Waals surface area contributed by atoms with Gasteiger partial charge in [0.1, 0.15) is 35.7 Å². The van der Waals surface area contributed by atoms with Crippen LogP contribution in [0.25, 0.3) is 11.1 Å². The van der Waals surface area contributed by atoms with Gasteiger partial charge in [-0.1, -0.05) is 31.0 Å². The van der Waals surface area contributed by atoms with Gasteiger partial charge in [-0.25, -0.2) is 0 Å². The van der Waals surface area contributed by atoms with Crippen LogP contribution in [-0.2, 0) is 0 Å². The zero-order valence-electron chi connectivity index (χ0n) is 21.6. The van der Waals surface area contributed by atoms with E-state index in [1.54, 1.807) is 30.3 Å². The Bertz CT molecular complexity index is 1370. The molecule has 1 saturated heterocycles. The summed E-state index contributed by atoms with van der Waals surface area (Å²) >= 11 is 0. The maximum absolute atomic E-state index is 10.1. The Morgan fingerprint density at radius 1 is 1.11 bits per heavy atom. The molecular formula is C32H33NO4. The van der Waals surface area contributed by atoms with E-state index in [1.165, 1.54) is 6.42 Å². The molecule has 3 aromatic carbocycles. The first kappa shape index (κ1) is 24.8. The number of benzene rings is 3. The van der Waals surface area contributed by atoms with Gasteiger partial charge in [-0.3, -0.25) is 4.90 Å². The van der Waals surface area contributed by atoms with Crippen LogP contribution >= 0.6 is 0 Å². The van der Waals surface area contributed by atoms with Gasteiger partial charge in [0, 0.05) is 23.7 Å². The largest absolute Gasteiger partial charge is 0.508 e. The molecular weight excluding hydrogens is 462 g/mol. The van der Waals surface area contributed by atoms with Crippen LogP contribution in [0.1, 0.15) is 55.5 Å². The van der Waals surface area contributed by atoms with Gasteiger partial charge in [-0.15, -0.1) is 6.42 Å². The molecule has 2 N–H and O–H groups in total. The van der Waals surface area contributed by atoms with Crippen molar-refractivity contribution in [2.75, 3.05) is 19.7 Å². The van der Waals surface area contributed by atoms with Crippen molar-refractivity contribution in [3.8, 4) is 35.3 Å². The second kappa shape index (κ2) is 10.2. The second-order valence-corrected chi connectivity index (χ2v) is 10.2. The summed E-state index contributed by atoms with van der Waals surface area (Å²) in [6.07, 6.45) is 6.49. The van der Waals surface area contributed by atoms with E-state index in [1.807, 2.05) is 37.3 Å². The average molecular weight is 496 g/mol. The molecule has 2 aliphatic rings. The van der Waals surface area contributed by atoms with Crippen LogP contribution in [0.3, 0.4) is 0 Å². The molecule has 1 fully saturated rings. The van der Waals surface area contributed by atoms with E-state index in [2.05, 4.69) is 24.7 Å². The van der Waals surface area contributed by atoms with Gasteiger partial charge in [0.2, 0.25) is 0 Å². The number of aromatic hydroxyl groups is 2. The topological polar surface area (TPSA) is 62.2 Å². The first-order chi connectivity index (χ1) is 17.8. The minimum absolute atomic E-state index is 0.0648. The highest BCUT2D eigenvalue weighted by atomic mass is 16.5. The number of fused-ring (bicyclic) bond motifs is 1. The Balaban J connectivity index is 1.44. The van der Waals surface area contributed by atoms with Gasteiger partial charge in [0.05, 0.1) is 5.56 Å². The van der Waals surface area contributed by atoms with E-state index in [-0.39, 0.29) is 11.5 Å². The Morgan fingerprint density at radius 2 is 1.89 bits per heavy atom. The minimum atomic E-state index is -0.397. The molecule has 0 aromatic heterocycles. The molecule has 5 rings (SSSR count). The molecule has 0 aliphatic carbocycles. The van der Waals surface area contributed by atoms with Crippen LogP contribution in [0.5, 0.6) is 23.0 Å². The van der Waals surface area contributed by atoms with Crippen molar-refractivity contribution in [1.29, 1.82) is 0 Å². The van der Waals surface area contributed by atoms with Crippen LogP contribution in [0.15, 0.2) is 60.7 Å². The number of allylic oxidation sites excluding steroid dienone is 1. The molecule has 3 atom stereocenters. The van der Waals surface area contributed by atoms with Crippen molar-refractivity contribution < 1.29 is 19.7 Å². The molecule has 2 aliphatic heterocycles. The van der Waals surface area contributed by atoms with Crippen molar-refractivity contribution in [3.63, 3.8) is 0 Å². The minimum Gasteiger partial charge on any atom is -0.508 e. The first-order valence-corrected chi connectivity index (χ1v) is 12.8. The number of nitrogens with zero attached hydrogens (tertiary/aromatic N) is 1. The highest BCUT2D eigenvalue weighted by Crippen LogP contribution is 2.47. The van der Waals surface area contributed by atoms with Crippen molar-refractivity contribution in [2.24, 2.45) is 5.92 Å². The van der Waals surface area contributed by atoms with Gasteiger partial charge >= 0.3 is 0 Å². The monoisotopic (exact) mass is 495 g/mol. The summed E-state index contributed by atoms with van der Waals surface area (Å²) < 4.78 is 12.6. The van der Waals surface area contributed by atoms with E-state index >= 15 is 0 Å². The lowest BCUT2D eigenvalue weighted by Gasteiger charge is -2.31. The summed E-state index contributed by atoms with van der Waals surface area (Å²) in [5, 5.41) is 20.3. The third kappa shape index (κ3) is 5.03. The fraction of sp³-hybridized carbons (Fsp3) is 0.312. The molecule has 0 saturated carbocycles. The van der Waals surface area contributed by atoms with Crippen molar-refractivity contribution in [1.82, 2.24) is 4.90 Å². The Hall–Kier alpha value is -3.88. The Labute approximate surface area is 219 Å². The Morgan fingerprint density at radius 3 is 2.59 bits per heavy atom. The molecule has 3 aromatic rings.